The predicted molar refractivity (Wildman–Crippen MR) is 67.4 cm³/mol. The summed E-state index contributed by atoms with van der Waals surface area (Å²) in [5, 5.41) is 21.2. The van der Waals surface area contributed by atoms with E-state index in [1.54, 1.807) is 19.1 Å². The van der Waals surface area contributed by atoms with E-state index in [9.17, 15) is 14.6 Å². The number of aliphatic hydroxyl groups is 1. The van der Waals surface area contributed by atoms with E-state index >= 15 is 0 Å². The lowest BCUT2D eigenvalue weighted by Crippen LogP contribution is -2.25. The molecule has 0 amide bonds. The number of benzene rings is 1. The van der Waals surface area contributed by atoms with Crippen LogP contribution in [0.25, 0.3) is 0 Å². The second-order valence-corrected chi connectivity index (χ2v) is 5.52. The van der Waals surface area contributed by atoms with Crippen molar-refractivity contribution in [1.82, 2.24) is 5.32 Å². The normalized spacial score (nSPS) is 16.2. The molecular weight excluding hydrogens is 257 g/mol. The first-order valence-corrected chi connectivity index (χ1v) is 7.26. The average molecular weight is 275 g/mol. The molecule has 0 aliphatic rings. The van der Waals surface area contributed by atoms with Gasteiger partial charge in [-0.1, -0.05) is 18.2 Å². The Bertz CT molecular complexity index is 426. The number of para-hydroxylation sites is 1. The van der Waals surface area contributed by atoms with Gasteiger partial charge in [0.1, 0.15) is 11.5 Å². The number of hydrogen-bond donors (Lipinski definition) is 4. The number of aromatic hydroxyl groups is 1. The van der Waals surface area contributed by atoms with Gasteiger partial charge in [0.2, 0.25) is 0 Å². The molecule has 6 nitrogen and oxygen atoms in total. The Labute approximate surface area is 106 Å². The van der Waals surface area contributed by atoms with Crippen LogP contribution >= 0.6 is 7.60 Å². The molecule has 4 N–H and O–H groups in total. The zero-order valence-corrected chi connectivity index (χ0v) is 11.0. The van der Waals surface area contributed by atoms with Crippen LogP contribution in [0.3, 0.4) is 0 Å². The molecule has 102 valence electrons. The van der Waals surface area contributed by atoms with Gasteiger partial charge < -0.3 is 19.6 Å². The van der Waals surface area contributed by atoms with E-state index in [2.05, 4.69) is 5.32 Å². The molecule has 0 bridgehead atoms. The molecule has 0 saturated carbocycles. The van der Waals surface area contributed by atoms with Crippen molar-refractivity contribution in [1.29, 1.82) is 0 Å². The van der Waals surface area contributed by atoms with Gasteiger partial charge in [-0.05, 0) is 13.0 Å². The molecule has 1 aromatic rings. The number of rotatable bonds is 7. The van der Waals surface area contributed by atoms with Gasteiger partial charge in [0.15, 0.2) is 0 Å². The van der Waals surface area contributed by atoms with E-state index in [4.69, 9.17) is 9.63 Å². The molecule has 0 fully saturated rings. The first-order valence-electron chi connectivity index (χ1n) is 5.62. The summed E-state index contributed by atoms with van der Waals surface area (Å²) in [7, 11) is -3.96. The highest BCUT2D eigenvalue weighted by Crippen LogP contribution is 2.56. The lowest BCUT2D eigenvalue weighted by Gasteiger charge is -2.24. The van der Waals surface area contributed by atoms with Crippen molar-refractivity contribution < 1.29 is 24.2 Å². The predicted octanol–water partition coefficient (Wildman–Crippen LogP) is 1.19. The van der Waals surface area contributed by atoms with Gasteiger partial charge in [0.05, 0.1) is 13.2 Å². The molecule has 0 heterocycles. The average Bonchev–Trinajstić information content (AvgIpc) is 2.31. The zero-order chi connectivity index (χ0) is 13.6. The maximum atomic E-state index is 12.1. The van der Waals surface area contributed by atoms with Crippen molar-refractivity contribution in [3.8, 4) is 5.75 Å². The van der Waals surface area contributed by atoms with Gasteiger partial charge in [-0.25, -0.2) is 0 Å². The minimum Gasteiger partial charge on any atom is -0.508 e. The van der Waals surface area contributed by atoms with Crippen molar-refractivity contribution >= 4 is 7.60 Å². The summed E-state index contributed by atoms with van der Waals surface area (Å²) in [5.41, 5.74) is 0.269. The van der Waals surface area contributed by atoms with Crippen LogP contribution in [-0.4, -0.2) is 34.9 Å². The summed E-state index contributed by atoms with van der Waals surface area (Å²) in [6.07, 6.45) is 0. The van der Waals surface area contributed by atoms with Crippen LogP contribution in [0.1, 0.15) is 18.3 Å². The van der Waals surface area contributed by atoms with Crippen molar-refractivity contribution in [3.05, 3.63) is 29.8 Å². The Morgan fingerprint density at radius 3 is 2.67 bits per heavy atom. The second kappa shape index (κ2) is 6.87. The Hall–Kier alpha value is -0.910. The van der Waals surface area contributed by atoms with Gasteiger partial charge in [0.25, 0.3) is 0 Å². The minimum absolute atomic E-state index is 0.0820. The standard InChI is InChI=1S/C11H18NO5P/c1-2-17-18(15,16)11(12-7-8-13)9-5-3-4-6-10(9)14/h3-6,11-14H,2,7-8H2,1H3,(H,15,16)/t11-/m1/s1. The van der Waals surface area contributed by atoms with Gasteiger partial charge >= 0.3 is 7.60 Å². The van der Waals surface area contributed by atoms with Gasteiger partial charge in [-0.2, -0.15) is 0 Å². The van der Waals surface area contributed by atoms with Crippen molar-refractivity contribution in [2.24, 2.45) is 0 Å². The van der Waals surface area contributed by atoms with E-state index < -0.39 is 13.4 Å². The summed E-state index contributed by atoms with van der Waals surface area (Å²) in [4.78, 5) is 9.86. The number of aliphatic hydroxyl groups excluding tert-OH is 1. The van der Waals surface area contributed by atoms with Crippen molar-refractivity contribution in [3.63, 3.8) is 0 Å². The van der Waals surface area contributed by atoms with Crippen LogP contribution in [-0.2, 0) is 9.09 Å². The number of nitrogens with one attached hydrogen (secondary N) is 1. The first-order chi connectivity index (χ1) is 8.53. The monoisotopic (exact) mass is 275 g/mol. The van der Waals surface area contributed by atoms with Crippen LogP contribution in [0.2, 0.25) is 0 Å². The Balaban J connectivity index is 3.05. The largest absolute Gasteiger partial charge is 0.508 e. The smallest absolute Gasteiger partial charge is 0.349 e. The fourth-order valence-corrected chi connectivity index (χ4v) is 3.03. The van der Waals surface area contributed by atoms with Gasteiger partial charge in [-0.3, -0.25) is 9.88 Å². The molecule has 1 rings (SSSR count). The molecule has 0 aromatic heterocycles. The second-order valence-electron chi connectivity index (χ2n) is 3.62. The van der Waals surface area contributed by atoms with E-state index in [1.165, 1.54) is 12.1 Å². The maximum absolute atomic E-state index is 12.1. The number of hydrogen-bond acceptors (Lipinski definition) is 5. The lowest BCUT2D eigenvalue weighted by atomic mass is 10.2. The zero-order valence-electron chi connectivity index (χ0n) is 10.1. The van der Waals surface area contributed by atoms with Gasteiger partial charge in [-0.15, -0.1) is 0 Å². The molecular formula is C11H18NO5P. The molecule has 1 aromatic carbocycles. The lowest BCUT2D eigenvalue weighted by molar-refractivity contribution is 0.249. The summed E-state index contributed by atoms with van der Waals surface area (Å²) >= 11 is 0. The van der Waals surface area contributed by atoms with Crippen LogP contribution in [0, 0.1) is 0 Å². The highest BCUT2D eigenvalue weighted by Gasteiger charge is 2.34. The van der Waals surface area contributed by atoms with Gasteiger partial charge in [0, 0.05) is 12.1 Å². The third kappa shape index (κ3) is 3.80. The van der Waals surface area contributed by atoms with E-state index in [0.29, 0.717) is 0 Å². The highest BCUT2D eigenvalue weighted by molar-refractivity contribution is 7.53. The topological polar surface area (TPSA) is 99.0 Å². The molecule has 0 radical (unpaired) electrons. The van der Waals surface area contributed by atoms with E-state index in [-0.39, 0.29) is 31.1 Å². The number of phenolic OH excluding ortho intramolecular Hbond substituents is 1. The third-order valence-corrected chi connectivity index (χ3v) is 4.06. The molecule has 18 heavy (non-hydrogen) atoms. The van der Waals surface area contributed by atoms with Crippen LogP contribution in [0.4, 0.5) is 0 Å². The minimum atomic E-state index is -3.96. The summed E-state index contributed by atoms with van der Waals surface area (Å²) in [6, 6.07) is 6.22. The molecule has 0 aliphatic carbocycles. The molecule has 0 saturated heterocycles. The molecule has 7 heteroatoms. The summed E-state index contributed by atoms with van der Waals surface area (Å²) in [5.74, 6) is -1.16. The fraction of sp³-hybridized carbons (Fsp3) is 0.455. The van der Waals surface area contributed by atoms with Crippen LogP contribution in [0.15, 0.2) is 24.3 Å². The molecule has 1 unspecified atom stereocenters. The highest BCUT2D eigenvalue weighted by atomic mass is 31.2. The third-order valence-electron chi connectivity index (χ3n) is 2.32. The first kappa shape index (κ1) is 15.1. The SMILES string of the molecule is CCOP(=O)(O)[C@@H](NCCO)c1ccccc1O. The Kier molecular flexibility index (Phi) is 5.78. The van der Waals surface area contributed by atoms with E-state index in [1.807, 2.05) is 0 Å². The number of phenols is 1. The molecule has 2 atom stereocenters. The van der Waals surface area contributed by atoms with Crippen LogP contribution in [0.5, 0.6) is 5.75 Å². The Morgan fingerprint density at radius 1 is 1.44 bits per heavy atom. The quantitative estimate of drug-likeness (QED) is 0.558. The molecule has 0 aliphatic heterocycles. The summed E-state index contributed by atoms with van der Waals surface area (Å²) in [6.45, 7) is 1.63. The van der Waals surface area contributed by atoms with Crippen molar-refractivity contribution in [2.75, 3.05) is 19.8 Å². The van der Waals surface area contributed by atoms with E-state index in [0.717, 1.165) is 0 Å². The van der Waals surface area contributed by atoms with Crippen LogP contribution < -0.4 is 5.32 Å². The van der Waals surface area contributed by atoms with Crippen molar-refractivity contribution in [2.45, 2.75) is 12.7 Å². The summed E-state index contributed by atoms with van der Waals surface area (Å²) < 4.78 is 16.9. The Morgan fingerprint density at radius 2 is 2.11 bits per heavy atom. The molecule has 0 spiro atoms. The maximum Gasteiger partial charge on any atom is 0.349 e. The fourth-order valence-electron chi connectivity index (χ4n) is 1.58.